The summed E-state index contributed by atoms with van der Waals surface area (Å²) in [5.41, 5.74) is 1.41. The van der Waals surface area contributed by atoms with Crippen molar-refractivity contribution in [3.8, 4) is 0 Å². The number of hydrogen-bond donors (Lipinski definition) is 1. The molecule has 0 spiro atoms. The van der Waals surface area contributed by atoms with Crippen LogP contribution in [0.2, 0.25) is 0 Å². The van der Waals surface area contributed by atoms with Crippen LogP contribution in [0.5, 0.6) is 0 Å². The van der Waals surface area contributed by atoms with Crippen molar-refractivity contribution in [2.75, 3.05) is 0 Å². The smallest absolute Gasteiger partial charge is 0.0208 e. The maximum Gasteiger partial charge on any atom is 0.0208 e. The zero-order valence-electron chi connectivity index (χ0n) is 10.9. The van der Waals surface area contributed by atoms with Gasteiger partial charge in [-0.05, 0) is 37.0 Å². The maximum atomic E-state index is 3.55. The summed E-state index contributed by atoms with van der Waals surface area (Å²) in [4.78, 5) is 1.40. The number of hydrogen-bond acceptors (Lipinski definition) is 2. The third-order valence-electron chi connectivity index (χ3n) is 3.13. The molecule has 0 saturated heterocycles. The number of nitrogens with one attached hydrogen (secondary N) is 1. The van der Waals surface area contributed by atoms with Gasteiger partial charge in [0.15, 0.2) is 0 Å². The fourth-order valence-corrected chi connectivity index (χ4v) is 3.04. The highest BCUT2D eigenvalue weighted by atomic mass is 32.2. The van der Waals surface area contributed by atoms with Crippen molar-refractivity contribution in [2.24, 2.45) is 0 Å². The third-order valence-corrected chi connectivity index (χ3v) is 4.31. The van der Waals surface area contributed by atoms with E-state index in [1.807, 2.05) is 11.8 Å². The molecule has 1 aromatic rings. The molecule has 0 aliphatic heterocycles. The van der Waals surface area contributed by atoms with Crippen molar-refractivity contribution in [1.29, 1.82) is 0 Å². The molecule has 1 atom stereocenters. The first-order chi connectivity index (χ1) is 8.28. The molecule has 1 aliphatic rings. The minimum absolute atomic E-state index is 0.732. The Morgan fingerprint density at radius 1 is 1.29 bits per heavy atom. The Kier molecular flexibility index (Phi) is 4.93. The van der Waals surface area contributed by atoms with Crippen LogP contribution in [-0.2, 0) is 6.54 Å². The van der Waals surface area contributed by atoms with Crippen molar-refractivity contribution in [1.82, 2.24) is 5.32 Å². The third kappa shape index (κ3) is 4.72. The van der Waals surface area contributed by atoms with E-state index < -0.39 is 0 Å². The molecule has 1 unspecified atom stereocenters. The Hall–Kier alpha value is -0.470. The predicted octanol–water partition coefficient (Wildman–Crippen LogP) is 4.22. The van der Waals surface area contributed by atoms with E-state index in [-0.39, 0.29) is 0 Å². The standard InChI is InChI=1S/C15H23NS/c1-3-4-12(2)17-15-9-5-13(6-10-15)11-16-14-7-8-14/h5-6,9-10,12,14,16H,3-4,7-8,11H2,1-2H3. The van der Waals surface area contributed by atoms with Crippen LogP contribution in [-0.4, -0.2) is 11.3 Å². The number of rotatable bonds is 7. The van der Waals surface area contributed by atoms with E-state index in [1.54, 1.807) is 0 Å². The lowest BCUT2D eigenvalue weighted by Crippen LogP contribution is -2.15. The quantitative estimate of drug-likeness (QED) is 0.726. The molecule has 17 heavy (non-hydrogen) atoms. The van der Waals surface area contributed by atoms with Gasteiger partial charge in [-0.2, -0.15) is 0 Å². The summed E-state index contributed by atoms with van der Waals surface area (Å²) in [6.45, 7) is 5.60. The van der Waals surface area contributed by atoms with Crippen LogP contribution in [0.1, 0.15) is 45.1 Å². The molecule has 2 heteroatoms. The molecule has 2 rings (SSSR count). The molecular weight excluding hydrogens is 226 g/mol. The van der Waals surface area contributed by atoms with Gasteiger partial charge in [0.1, 0.15) is 0 Å². The second-order valence-electron chi connectivity index (χ2n) is 5.02. The Balaban J connectivity index is 1.79. The van der Waals surface area contributed by atoms with Crippen molar-refractivity contribution in [3.63, 3.8) is 0 Å². The normalized spacial score (nSPS) is 17.1. The first-order valence-electron chi connectivity index (χ1n) is 6.77. The van der Waals surface area contributed by atoms with Gasteiger partial charge in [-0.3, -0.25) is 0 Å². The van der Waals surface area contributed by atoms with E-state index in [0.29, 0.717) is 0 Å². The zero-order valence-corrected chi connectivity index (χ0v) is 11.7. The predicted molar refractivity (Wildman–Crippen MR) is 76.5 cm³/mol. The Bertz CT molecular complexity index is 329. The zero-order chi connectivity index (χ0) is 12.1. The van der Waals surface area contributed by atoms with Crippen molar-refractivity contribution in [3.05, 3.63) is 29.8 Å². The molecule has 1 N–H and O–H groups in total. The molecule has 1 fully saturated rings. The molecule has 94 valence electrons. The molecule has 1 nitrogen and oxygen atoms in total. The van der Waals surface area contributed by atoms with E-state index in [1.165, 1.54) is 36.1 Å². The Labute approximate surface area is 109 Å². The average molecular weight is 249 g/mol. The SMILES string of the molecule is CCCC(C)Sc1ccc(CNC2CC2)cc1. The summed E-state index contributed by atoms with van der Waals surface area (Å²) in [6, 6.07) is 9.85. The van der Waals surface area contributed by atoms with E-state index in [4.69, 9.17) is 0 Å². The summed E-state index contributed by atoms with van der Waals surface area (Å²) in [7, 11) is 0. The van der Waals surface area contributed by atoms with Crippen LogP contribution in [0.3, 0.4) is 0 Å². The molecule has 1 aliphatic carbocycles. The topological polar surface area (TPSA) is 12.0 Å². The Morgan fingerprint density at radius 2 is 2.00 bits per heavy atom. The molecule has 0 radical (unpaired) electrons. The largest absolute Gasteiger partial charge is 0.310 e. The molecule has 0 bridgehead atoms. The van der Waals surface area contributed by atoms with Crippen LogP contribution in [0, 0.1) is 0 Å². The fraction of sp³-hybridized carbons (Fsp3) is 0.600. The van der Waals surface area contributed by atoms with Crippen LogP contribution < -0.4 is 5.32 Å². The van der Waals surface area contributed by atoms with Crippen LogP contribution in [0.15, 0.2) is 29.2 Å². The molecule has 0 amide bonds. The monoisotopic (exact) mass is 249 g/mol. The summed E-state index contributed by atoms with van der Waals surface area (Å²) < 4.78 is 0. The molecule has 0 heterocycles. The van der Waals surface area contributed by atoms with Gasteiger partial charge in [-0.15, -0.1) is 11.8 Å². The van der Waals surface area contributed by atoms with Gasteiger partial charge in [0.25, 0.3) is 0 Å². The minimum atomic E-state index is 0.732. The first-order valence-corrected chi connectivity index (χ1v) is 7.65. The fourth-order valence-electron chi connectivity index (χ4n) is 1.93. The lowest BCUT2D eigenvalue weighted by atomic mass is 10.2. The van der Waals surface area contributed by atoms with Gasteiger partial charge in [0.2, 0.25) is 0 Å². The summed E-state index contributed by atoms with van der Waals surface area (Å²) in [5.74, 6) is 0. The van der Waals surface area contributed by atoms with Gasteiger partial charge in [-0.1, -0.05) is 32.4 Å². The molecule has 0 aromatic heterocycles. The molecule has 1 aromatic carbocycles. The van der Waals surface area contributed by atoms with Gasteiger partial charge in [0.05, 0.1) is 0 Å². The van der Waals surface area contributed by atoms with Gasteiger partial charge in [-0.25, -0.2) is 0 Å². The first kappa shape index (κ1) is 13.0. The van der Waals surface area contributed by atoms with Crippen molar-refractivity contribution < 1.29 is 0 Å². The van der Waals surface area contributed by atoms with E-state index in [2.05, 4.69) is 43.4 Å². The second kappa shape index (κ2) is 6.46. The van der Waals surface area contributed by atoms with Crippen LogP contribution in [0.25, 0.3) is 0 Å². The van der Waals surface area contributed by atoms with Crippen molar-refractivity contribution in [2.45, 2.75) is 62.3 Å². The van der Waals surface area contributed by atoms with Gasteiger partial charge in [0, 0.05) is 22.7 Å². The average Bonchev–Trinajstić information content (AvgIpc) is 3.12. The molecular formula is C15H23NS. The highest BCUT2D eigenvalue weighted by molar-refractivity contribution is 7.99. The number of benzene rings is 1. The minimum Gasteiger partial charge on any atom is -0.310 e. The highest BCUT2D eigenvalue weighted by Crippen LogP contribution is 2.26. The lowest BCUT2D eigenvalue weighted by molar-refractivity contribution is 0.687. The summed E-state index contributed by atoms with van der Waals surface area (Å²) in [5, 5.41) is 4.28. The lowest BCUT2D eigenvalue weighted by Gasteiger charge is -2.10. The summed E-state index contributed by atoms with van der Waals surface area (Å²) in [6.07, 6.45) is 5.30. The van der Waals surface area contributed by atoms with E-state index in [0.717, 1.165) is 17.8 Å². The maximum absolute atomic E-state index is 3.55. The van der Waals surface area contributed by atoms with Crippen LogP contribution in [0.4, 0.5) is 0 Å². The van der Waals surface area contributed by atoms with Crippen LogP contribution >= 0.6 is 11.8 Å². The summed E-state index contributed by atoms with van der Waals surface area (Å²) >= 11 is 1.99. The Morgan fingerprint density at radius 3 is 2.59 bits per heavy atom. The highest BCUT2D eigenvalue weighted by Gasteiger charge is 2.19. The second-order valence-corrected chi connectivity index (χ2v) is 6.53. The van der Waals surface area contributed by atoms with E-state index in [9.17, 15) is 0 Å². The van der Waals surface area contributed by atoms with Crippen molar-refractivity contribution >= 4 is 11.8 Å². The van der Waals surface area contributed by atoms with E-state index >= 15 is 0 Å². The number of thioether (sulfide) groups is 1. The van der Waals surface area contributed by atoms with Gasteiger partial charge < -0.3 is 5.32 Å². The van der Waals surface area contributed by atoms with Gasteiger partial charge >= 0.3 is 0 Å². The molecule has 1 saturated carbocycles.